The minimum Gasteiger partial charge on any atom is -0.380 e. The molecule has 0 amide bonds. The number of hydrogen-bond donors (Lipinski definition) is 1. The average Bonchev–Trinajstić information content (AvgIpc) is 2.70. The van der Waals surface area contributed by atoms with E-state index in [4.69, 9.17) is 9.47 Å². The number of rotatable bonds is 5. The van der Waals surface area contributed by atoms with Gasteiger partial charge in [0, 0.05) is 27.2 Å². The van der Waals surface area contributed by atoms with Gasteiger partial charge in [-0.15, -0.1) is 24.0 Å². The van der Waals surface area contributed by atoms with Crippen molar-refractivity contribution in [3.63, 3.8) is 0 Å². The van der Waals surface area contributed by atoms with E-state index in [-0.39, 0.29) is 30.1 Å². The molecule has 0 spiro atoms. The number of nitrogens with zero attached hydrogens (tertiary/aromatic N) is 2. The van der Waals surface area contributed by atoms with E-state index in [9.17, 15) is 0 Å². The lowest BCUT2D eigenvalue weighted by Gasteiger charge is -2.35. The Bertz CT molecular complexity index is 782. The second kappa shape index (κ2) is 11.4. The standard InChI is InChI=1S/C22H29N3O2.HI/c1-17-7-4-5-10-20(17)21-15-25(11-12-27-21)22(23-2)24-14-18-8-6-9-19(13-18)16-26-3;/h4-10,13,21H,11-12,14-16H2,1-3H3,(H,23,24);1H. The molecule has 5 nitrogen and oxygen atoms in total. The van der Waals surface area contributed by atoms with Crippen molar-refractivity contribution in [1.82, 2.24) is 10.2 Å². The van der Waals surface area contributed by atoms with Crippen molar-refractivity contribution < 1.29 is 9.47 Å². The molecule has 1 atom stereocenters. The fourth-order valence-electron chi connectivity index (χ4n) is 3.49. The van der Waals surface area contributed by atoms with Gasteiger partial charge in [0.05, 0.1) is 19.8 Å². The number of aryl methyl sites for hydroxylation is 1. The molecule has 1 fully saturated rings. The number of hydrogen-bond acceptors (Lipinski definition) is 3. The van der Waals surface area contributed by atoms with Crippen LogP contribution in [0.4, 0.5) is 0 Å². The summed E-state index contributed by atoms with van der Waals surface area (Å²) in [5.74, 6) is 0.911. The second-order valence-electron chi connectivity index (χ2n) is 6.82. The van der Waals surface area contributed by atoms with E-state index in [0.29, 0.717) is 13.2 Å². The van der Waals surface area contributed by atoms with Crippen molar-refractivity contribution in [3.05, 3.63) is 70.8 Å². The predicted octanol–water partition coefficient (Wildman–Crippen LogP) is 3.91. The largest absolute Gasteiger partial charge is 0.380 e. The van der Waals surface area contributed by atoms with E-state index in [0.717, 1.165) is 25.6 Å². The molecule has 1 unspecified atom stereocenters. The number of halogens is 1. The average molecular weight is 495 g/mol. The summed E-state index contributed by atoms with van der Waals surface area (Å²) in [4.78, 5) is 6.76. The topological polar surface area (TPSA) is 46.1 Å². The van der Waals surface area contributed by atoms with E-state index < -0.39 is 0 Å². The zero-order valence-corrected chi connectivity index (χ0v) is 19.2. The van der Waals surface area contributed by atoms with Gasteiger partial charge in [-0.1, -0.05) is 48.5 Å². The molecule has 2 aromatic carbocycles. The van der Waals surface area contributed by atoms with Crippen LogP contribution in [0.1, 0.15) is 28.4 Å². The maximum absolute atomic E-state index is 6.04. The second-order valence-corrected chi connectivity index (χ2v) is 6.82. The Balaban J connectivity index is 0.00000280. The monoisotopic (exact) mass is 495 g/mol. The summed E-state index contributed by atoms with van der Waals surface area (Å²) < 4.78 is 11.3. The van der Waals surface area contributed by atoms with Crippen LogP contribution in [0.2, 0.25) is 0 Å². The molecule has 0 bridgehead atoms. The lowest BCUT2D eigenvalue weighted by Crippen LogP contribution is -2.48. The van der Waals surface area contributed by atoms with Crippen LogP contribution in [-0.2, 0) is 22.6 Å². The zero-order chi connectivity index (χ0) is 19.1. The fourth-order valence-corrected chi connectivity index (χ4v) is 3.49. The third kappa shape index (κ3) is 5.93. The minimum absolute atomic E-state index is 0. The summed E-state index contributed by atoms with van der Waals surface area (Å²) in [6.07, 6.45) is 0.0727. The summed E-state index contributed by atoms with van der Waals surface area (Å²) >= 11 is 0. The summed E-state index contributed by atoms with van der Waals surface area (Å²) in [5.41, 5.74) is 4.92. The number of ether oxygens (including phenoxy) is 2. The third-order valence-electron chi connectivity index (χ3n) is 4.87. The Labute approximate surface area is 185 Å². The highest BCUT2D eigenvalue weighted by molar-refractivity contribution is 14.0. The zero-order valence-electron chi connectivity index (χ0n) is 16.9. The van der Waals surface area contributed by atoms with Crippen molar-refractivity contribution in [3.8, 4) is 0 Å². The molecule has 1 aliphatic heterocycles. The van der Waals surface area contributed by atoms with Crippen LogP contribution >= 0.6 is 24.0 Å². The normalized spacial score (nSPS) is 17.2. The quantitative estimate of drug-likeness (QED) is 0.388. The number of nitrogens with one attached hydrogen (secondary N) is 1. The Morgan fingerprint density at radius 3 is 2.75 bits per heavy atom. The highest BCUT2D eigenvalue weighted by atomic mass is 127. The van der Waals surface area contributed by atoms with Gasteiger partial charge >= 0.3 is 0 Å². The van der Waals surface area contributed by atoms with E-state index in [1.165, 1.54) is 22.3 Å². The molecule has 3 rings (SSSR count). The number of benzene rings is 2. The van der Waals surface area contributed by atoms with Crippen molar-refractivity contribution in [1.29, 1.82) is 0 Å². The number of aliphatic imine (C=N–C) groups is 1. The first kappa shape index (κ1) is 22.6. The van der Waals surface area contributed by atoms with E-state index in [1.54, 1.807) is 7.11 Å². The predicted molar refractivity (Wildman–Crippen MR) is 124 cm³/mol. The molecule has 1 N–H and O–H groups in total. The van der Waals surface area contributed by atoms with Gasteiger partial charge in [0.1, 0.15) is 6.10 Å². The highest BCUT2D eigenvalue weighted by Gasteiger charge is 2.25. The van der Waals surface area contributed by atoms with E-state index in [1.807, 2.05) is 7.05 Å². The van der Waals surface area contributed by atoms with Gasteiger partial charge in [-0.3, -0.25) is 4.99 Å². The molecular formula is C22H30IN3O2. The Morgan fingerprint density at radius 2 is 2.00 bits per heavy atom. The summed E-state index contributed by atoms with van der Waals surface area (Å²) in [6, 6.07) is 16.9. The lowest BCUT2D eigenvalue weighted by molar-refractivity contribution is -0.00833. The van der Waals surface area contributed by atoms with Crippen LogP contribution in [0.25, 0.3) is 0 Å². The molecule has 1 saturated heterocycles. The number of methoxy groups -OCH3 is 1. The Kier molecular flexibility index (Phi) is 9.21. The fraction of sp³-hybridized carbons (Fsp3) is 0.409. The SMILES string of the molecule is CN=C(NCc1cccc(COC)c1)N1CCOC(c2ccccc2C)C1.I. The first-order valence-corrected chi connectivity index (χ1v) is 9.40. The van der Waals surface area contributed by atoms with Crippen LogP contribution < -0.4 is 5.32 Å². The van der Waals surface area contributed by atoms with Gasteiger partial charge in [-0.2, -0.15) is 0 Å². The maximum Gasteiger partial charge on any atom is 0.194 e. The molecule has 1 aliphatic rings. The summed E-state index contributed by atoms with van der Waals surface area (Å²) in [7, 11) is 3.55. The van der Waals surface area contributed by atoms with Gasteiger partial charge in [-0.25, -0.2) is 0 Å². The maximum atomic E-state index is 6.04. The molecule has 0 saturated carbocycles. The van der Waals surface area contributed by atoms with E-state index in [2.05, 4.69) is 70.7 Å². The summed E-state index contributed by atoms with van der Waals surface area (Å²) in [6.45, 7) is 5.83. The van der Waals surface area contributed by atoms with Crippen molar-refractivity contribution in [2.45, 2.75) is 26.2 Å². The third-order valence-corrected chi connectivity index (χ3v) is 4.87. The molecule has 2 aromatic rings. The minimum atomic E-state index is 0. The van der Waals surface area contributed by atoms with Crippen LogP contribution in [0.5, 0.6) is 0 Å². The van der Waals surface area contributed by atoms with Crippen LogP contribution in [-0.4, -0.2) is 44.7 Å². The number of guanidine groups is 1. The Morgan fingerprint density at radius 1 is 1.21 bits per heavy atom. The molecule has 0 radical (unpaired) electrons. The molecule has 28 heavy (non-hydrogen) atoms. The van der Waals surface area contributed by atoms with E-state index >= 15 is 0 Å². The number of morpholine rings is 1. The van der Waals surface area contributed by atoms with Gasteiger partial charge in [0.2, 0.25) is 0 Å². The van der Waals surface area contributed by atoms with Gasteiger partial charge < -0.3 is 19.7 Å². The molecular weight excluding hydrogens is 465 g/mol. The van der Waals surface area contributed by atoms with Crippen molar-refractivity contribution in [2.75, 3.05) is 33.9 Å². The van der Waals surface area contributed by atoms with Crippen molar-refractivity contribution in [2.24, 2.45) is 4.99 Å². The first-order valence-electron chi connectivity index (χ1n) is 9.40. The molecule has 1 heterocycles. The van der Waals surface area contributed by atoms with Gasteiger partial charge in [0.15, 0.2) is 5.96 Å². The lowest BCUT2D eigenvalue weighted by atomic mass is 10.0. The molecule has 152 valence electrons. The van der Waals surface area contributed by atoms with Gasteiger partial charge in [-0.05, 0) is 29.2 Å². The Hall–Kier alpha value is -1.64. The van der Waals surface area contributed by atoms with Gasteiger partial charge in [0.25, 0.3) is 0 Å². The summed E-state index contributed by atoms with van der Waals surface area (Å²) in [5, 5.41) is 3.49. The first-order chi connectivity index (χ1) is 13.2. The molecule has 0 aromatic heterocycles. The smallest absolute Gasteiger partial charge is 0.194 e. The van der Waals surface area contributed by atoms with Crippen molar-refractivity contribution >= 4 is 29.9 Å². The molecule has 6 heteroatoms. The van der Waals surface area contributed by atoms with Crippen LogP contribution in [0.3, 0.4) is 0 Å². The highest BCUT2D eigenvalue weighted by Crippen LogP contribution is 2.25. The molecule has 0 aliphatic carbocycles. The van der Waals surface area contributed by atoms with Crippen LogP contribution in [0.15, 0.2) is 53.5 Å². The van der Waals surface area contributed by atoms with Crippen LogP contribution in [0, 0.1) is 6.92 Å².